The van der Waals surface area contributed by atoms with Crippen LogP contribution in [0, 0.1) is 0 Å². The predicted octanol–water partition coefficient (Wildman–Crippen LogP) is 1.39. The molecular weight excluding hydrogens is 460 g/mol. The summed E-state index contributed by atoms with van der Waals surface area (Å²) >= 11 is 0. The van der Waals surface area contributed by atoms with Gasteiger partial charge in [-0.3, -0.25) is 24.3 Å². The number of aryl methyl sites for hydroxylation is 1. The summed E-state index contributed by atoms with van der Waals surface area (Å²) in [5.74, 6) is 1.28. The normalized spacial score (nSPS) is 20.8. The zero-order valence-electron chi connectivity index (χ0n) is 20.7. The number of hydrogen-bond donors (Lipinski definition) is 0. The maximum Gasteiger partial charge on any atom is 0.333 e. The molecule has 4 heterocycles. The Kier molecular flexibility index (Phi) is 6.69. The molecule has 2 saturated heterocycles. The second kappa shape index (κ2) is 10.1. The molecule has 1 aromatic carbocycles. The van der Waals surface area contributed by atoms with Crippen LogP contribution in [0.1, 0.15) is 22.5 Å². The minimum absolute atomic E-state index is 0.101. The molecule has 10 heteroatoms. The molecule has 2 aromatic rings. The van der Waals surface area contributed by atoms with Gasteiger partial charge in [-0.15, -0.1) is 0 Å². The second-order valence-corrected chi connectivity index (χ2v) is 9.36. The highest BCUT2D eigenvalue weighted by Crippen LogP contribution is 2.20. The van der Waals surface area contributed by atoms with Crippen LogP contribution in [0.4, 0.5) is 4.79 Å². The van der Waals surface area contributed by atoms with Gasteiger partial charge >= 0.3 is 11.9 Å². The fraction of sp³-hybridized carbons (Fsp3) is 0.423. The lowest BCUT2D eigenvalue weighted by atomic mass is 10.1. The number of benzene rings is 1. The first kappa shape index (κ1) is 23.9. The van der Waals surface area contributed by atoms with Crippen LogP contribution in [0.25, 0.3) is 0 Å². The van der Waals surface area contributed by atoms with Gasteiger partial charge in [-0.25, -0.2) is 9.37 Å². The molecule has 5 rings (SSSR count). The van der Waals surface area contributed by atoms with Crippen molar-refractivity contribution in [2.24, 2.45) is 4.99 Å². The van der Waals surface area contributed by atoms with Gasteiger partial charge in [0.1, 0.15) is 6.54 Å². The summed E-state index contributed by atoms with van der Waals surface area (Å²) in [4.78, 5) is 49.8. The lowest BCUT2D eigenvalue weighted by Crippen LogP contribution is -2.61. The Morgan fingerprint density at radius 2 is 1.78 bits per heavy atom. The van der Waals surface area contributed by atoms with E-state index in [2.05, 4.69) is 21.6 Å². The number of carbonyl (C=O) groups excluding carboxylic acids is 3. The number of furan rings is 1. The zero-order valence-corrected chi connectivity index (χ0v) is 20.7. The van der Waals surface area contributed by atoms with E-state index in [0.717, 1.165) is 18.7 Å². The van der Waals surface area contributed by atoms with E-state index in [-0.39, 0.29) is 17.8 Å². The van der Waals surface area contributed by atoms with Crippen LogP contribution in [0.5, 0.6) is 0 Å². The summed E-state index contributed by atoms with van der Waals surface area (Å²) in [5, 5.41) is 0. The van der Waals surface area contributed by atoms with Gasteiger partial charge in [0, 0.05) is 40.3 Å². The predicted molar refractivity (Wildman–Crippen MR) is 133 cm³/mol. The number of urea groups is 1. The summed E-state index contributed by atoms with van der Waals surface area (Å²) in [7, 11) is 3.19. The van der Waals surface area contributed by atoms with Crippen LogP contribution in [0.3, 0.4) is 0 Å². The number of likely N-dealkylation sites (N-methyl/N-ethyl adjacent to an activating group) is 2. The number of nitrogens with zero attached hydrogens (tertiary/aromatic N) is 6. The zero-order chi connectivity index (χ0) is 25.2. The fourth-order valence-corrected chi connectivity index (χ4v) is 5.00. The Hall–Kier alpha value is -3.79. The number of amidine groups is 2. The van der Waals surface area contributed by atoms with E-state index in [1.165, 1.54) is 28.7 Å². The Labute approximate surface area is 210 Å². The number of amides is 4. The van der Waals surface area contributed by atoms with Crippen molar-refractivity contribution in [2.45, 2.75) is 18.9 Å². The highest BCUT2D eigenvalue weighted by atomic mass is 16.3. The van der Waals surface area contributed by atoms with E-state index < -0.39 is 6.04 Å². The van der Waals surface area contributed by atoms with Crippen molar-refractivity contribution < 1.29 is 23.4 Å². The number of imide groups is 1. The summed E-state index contributed by atoms with van der Waals surface area (Å²) in [6.45, 7) is 3.74. The highest BCUT2D eigenvalue weighted by Gasteiger charge is 2.53. The highest BCUT2D eigenvalue weighted by molar-refractivity contribution is 6.23. The molecule has 188 valence electrons. The molecule has 1 atom stereocenters. The van der Waals surface area contributed by atoms with Crippen LogP contribution in [-0.4, -0.2) is 113 Å². The Bertz CT molecular complexity index is 1200. The second-order valence-electron chi connectivity index (χ2n) is 9.36. The van der Waals surface area contributed by atoms with Crippen LogP contribution < -0.4 is 0 Å². The largest absolute Gasteiger partial charge is 0.459 e. The Morgan fingerprint density at radius 3 is 2.47 bits per heavy atom. The lowest BCUT2D eigenvalue weighted by molar-refractivity contribution is -0.536. The molecule has 0 aliphatic carbocycles. The minimum Gasteiger partial charge on any atom is -0.459 e. The molecule has 3 aliphatic heterocycles. The molecule has 36 heavy (non-hydrogen) atoms. The molecule has 0 N–H and O–H groups in total. The molecule has 10 nitrogen and oxygen atoms in total. The summed E-state index contributed by atoms with van der Waals surface area (Å²) in [6, 6.07) is 12.7. The van der Waals surface area contributed by atoms with Gasteiger partial charge in [-0.05, 0) is 35.5 Å². The third kappa shape index (κ3) is 4.56. The smallest absolute Gasteiger partial charge is 0.333 e. The van der Waals surface area contributed by atoms with Gasteiger partial charge in [0.15, 0.2) is 5.76 Å². The maximum atomic E-state index is 13.2. The van der Waals surface area contributed by atoms with E-state index in [1.54, 1.807) is 24.1 Å². The van der Waals surface area contributed by atoms with Crippen molar-refractivity contribution in [1.82, 2.24) is 19.6 Å². The average molecular weight is 492 g/mol. The topological polar surface area (TPSA) is 92.7 Å². The van der Waals surface area contributed by atoms with Crippen molar-refractivity contribution >= 4 is 29.5 Å². The van der Waals surface area contributed by atoms with Crippen molar-refractivity contribution in [3.05, 3.63) is 60.1 Å². The molecule has 4 amide bonds. The molecule has 0 radical (unpaired) electrons. The fourth-order valence-electron chi connectivity index (χ4n) is 5.00. The number of rotatable bonds is 7. The standard InChI is InChI=1S/C26H31N6O4/c1-28-23-22(25(34)29(2)26(28)35)32(12-6-10-19-8-4-3-5-9-19)21(27-23)18-30-13-15-31(16-14-30)24(33)20-11-7-17-36-20/h3-5,7-9,11,17,22H,6,10,12-16,18H2,1-2H3/q+1. The van der Waals surface area contributed by atoms with Gasteiger partial charge in [0.2, 0.25) is 0 Å². The number of fused-ring (bicyclic) bond motifs is 1. The molecule has 0 saturated carbocycles. The third-order valence-electron chi connectivity index (χ3n) is 7.08. The first-order valence-corrected chi connectivity index (χ1v) is 12.3. The molecule has 0 spiro atoms. The van der Waals surface area contributed by atoms with Crippen LogP contribution >= 0.6 is 0 Å². The number of piperazine rings is 1. The molecule has 1 aromatic heterocycles. The van der Waals surface area contributed by atoms with Gasteiger partial charge in [0.25, 0.3) is 23.7 Å². The minimum atomic E-state index is -0.592. The molecular formula is C26H31N6O4+. The maximum absolute atomic E-state index is 13.2. The average Bonchev–Trinajstić information content (AvgIpc) is 3.56. The van der Waals surface area contributed by atoms with Gasteiger partial charge in [0.05, 0.1) is 12.8 Å². The van der Waals surface area contributed by atoms with Gasteiger partial charge < -0.3 is 9.32 Å². The van der Waals surface area contributed by atoms with Crippen molar-refractivity contribution in [2.75, 3.05) is 53.4 Å². The lowest BCUT2D eigenvalue weighted by Gasteiger charge is -2.33. The van der Waals surface area contributed by atoms with E-state index in [9.17, 15) is 14.4 Å². The molecule has 0 bridgehead atoms. The quantitative estimate of drug-likeness (QED) is 0.546. The van der Waals surface area contributed by atoms with E-state index in [0.29, 0.717) is 50.9 Å². The number of aliphatic imine (C=N–C) groups is 1. The SMILES string of the molecule is CN1C(=O)C2C(=NC(CN3CCN(C(=O)c4ccco4)CC3)=[N+]2CCCc2ccccc2)N(C)C1=O. The first-order chi connectivity index (χ1) is 17.4. The van der Waals surface area contributed by atoms with E-state index in [1.807, 2.05) is 18.2 Å². The van der Waals surface area contributed by atoms with Crippen LogP contribution in [-0.2, 0) is 11.2 Å². The van der Waals surface area contributed by atoms with Crippen LogP contribution in [0.2, 0.25) is 0 Å². The molecule has 2 fully saturated rings. The summed E-state index contributed by atoms with van der Waals surface area (Å²) < 4.78 is 7.31. The van der Waals surface area contributed by atoms with Crippen molar-refractivity contribution in [1.29, 1.82) is 0 Å². The number of hydrogen-bond acceptors (Lipinski definition) is 6. The third-order valence-corrected chi connectivity index (χ3v) is 7.08. The molecule has 3 aliphatic rings. The number of carbonyl (C=O) groups is 3. The van der Waals surface area contributed by atoms with E-state index >= 15 is 0 Å². The molecule has 1 unspecified atom stereocenters. The van der Waals surface area contributed by atoms with Gasteiger partial charge in [-0.1, -0.05) is 30.3 Å². The summed E-state index contributed by atoms with van der Waals surface area (Å²) in [5.41, 5.74) is 1.25. The monoisotopic (exact) mass is 491 g/mol. The van der Waals surface area contributed by atoms with Crippen molar-refractivity contribution in [3.63, 3.8) is 0 Å². The Balaban J connectivity index is 1.31. The Morgan fingerprint density at radius 1 is 1.03 bits per heavy atom. The first-order valence-electron chi connectivity index (χ1n) is 12.3. The van der Waals surface area contributed by atoms with Crippen molar-refractivity contribution in [3.8, 4) is 0 Å². The van der Waals surface area contributed by atoms with Crippen LogP contribution in [0.15, 0.2) is 58.1 Å². The summed E-state index contributed by atoms with van der Waals surface area (Å²) in [6.07, 6.45) is 3.25. The van der Waals surface area contributed by atoms with Gasteiger partial charge in [-0.2, -0.15) is 0 Å². The van der Waals surface area contributed by atoms with E-state index in [4.69, 9.17) is 9.41 Å².